The second-order valence-corrected chi connectivity index (χ2v) is 4.49. The van der Waals surface area contributed by atoms with Gasteiger partial charge in [-0.2, -0.15) is 13.2 Å². The van der Waals surface area contributed by atoms with Crippen molar-refractivity contribution in [2.75, 3.05) is 6.54 Å². The van der Waals surface area contributed by atoms with Gasteiger partial charge in [0.1, 0.15) is 0 Å². The van der Waals surface area contributed by atoms with Crippen LogP contribution in [0.2, 0.25) is 0 Å². The summed E-state index contributed by atoms with van der Waals surface area (Å²) in [5, 5.41) is 1.82. The molecule has 0 atom stereocenters. The van der Waals surface area contributed by atoms with E-state index in [-0.39, 0.29) is 6.54 Å². The first-order valence-corrected chi connectivity index (χ1v) is 5.96. The van der Waals surface area contributed by atoms with Gasteiger partial charge >= 0.3 is 12.1 Å². The summed E-state index contributed by atoms with van der Waals surface area (Å²) in [5.74, 6) is -1.92. The molecule has 1 aromatic carbocycles. The van der Waals surface area contributed by atoms with Crippen LogP contribution in [-0.4, -0.2) is 18.6 Å². The fraction of sp³-hybridized carbons (Fsp3) is 0.364. The average molecular weight is 325 g/mol. The minimum atomic E-state index is -4.83. The zero-order valence-electron chi connectivity index (χ0n) is 9.35. The first kappa shape index (κ1) is 15.0. The van der Waals surface area contributed by atoms with Gasteiger partial charge in [-0.3, -0.25) is 4.79 Å². The molecular formula is C11H12BrF3N2O. The minimum Gasteiger partial charge on any atom is -0.348 e. The summed E-state index contributed by atoms with van der Waals surface area (Å²) in [7, 11) is 0. The van der Waals surface area contributed by atoms with E-state index in [9.17, 15) is 18.0 Å². The van der Waals surface area contributed by atoms with Crippen molar-refractivity contribution in [3.8, 4) is 0 Å². The summed E-state index contributed by atoms with van der Waals surface area (Å²) in [6.07, 6.45) is -4.51. The van der Waals surface area contributed by atoms with Crippen LogP contribution in [0, 0.1) is 0 Å². The van der Waals surface area contributed by atoms with Gasteiger partial charge in [-0.05, 0) is 23.6 Å². The standard InChI is InChI=1S/C11H12BrF3N2O/c12-9-2-1-7(5-8(9)6-16)3-4-17-10(18)11(13,14)15/h1-2,5H,3-4,6,16H2,(H,17,18). The van der Waals surface area contributed by atoms with E-state index >= 15 is 0 Å². The molecule has 0 saturated carbocycles. The summed E-state index contributed by atoms with van der Waals surface area (Å²) in [5.41, 5.74) is 7.20. The summed E-state index contributed by atoms with van der Waals surface area (Å²) < 4.78 is 36.6. The largest absolute Gasteiger partial charge is 0.471 e. The summed E-state index contributed by atoms with van der Waals surface area (Å²) >= 11 is 3.31. The topological polar surface area (TPSA) is 55.1 Å². The Balaban J connectivity index is 2.52. The van der Waals surface area contributed by atoms with Crippen molar-refractivity contribution >= 4 is 21.8 Å². The highest BCUT2D eigenvalue weighted by Gasteiger charge is 2.38. The molecule has 0 aromatic heterocycles. The Morgan fingerprint density at radius 3 is 2.61 bits per heavy atom. The number of nitrogens with one attached hydrogen (secondary N) is 1. The van der Waals surface area contributed by atoms with Crippen LogP contribution < -0.4 is 11.1 Å². The molecule has 18 heavy (non-hydrogen) atoms. The lowest BCUT2D eigenvalue weighted by Gasteiger charge is -2.09. The van der Waals surface area contributed by atoms with Gasteiger partial charge in [-0.1, -0.05) is 28.1 Å². The molecule has 0 aliphatic rings. The zero-order chi connectivity index (χ0) is 13.8. The normalized spacial score (nSPS) is 11.4. The summed E-state index contributed by atoms with van der Waals surface area (Å²) in [4.78, 5) is 10.6. The molecule has 0 aliphatic heterocycles. The molecule has 3 nitrogen and oxygen atoms in total. The number of carbonyl (C=O) groups is 1. The first-order valence-electron chi connectivity index (χ1n) is 5.17. The monoisotopic (exact) mass is 324 g/mol. The number of rotatable bonds is 4. The maximum atomic E-state index is 11.9. The third kappa shape index (κ3) is 4.30. The number of alkyl halides is 3. The molecule has 1 aromatic rings. The highest BCUT2D eigenvalue weighted by atomic mass is 79.9. The van der Waals surface area contributed by atoms with Crippen LogP contribution in [0.25, 0.3) is 0 Å². The molecule has 0 fully saturated rings. The lowest BCUT2D eigenvalue weighted by molar-refractivity contribution is -0.173. The highest BCUT2D eigenvalue weighted by molar-refractivity contribution is 9.10. The average Bonchev–Trinajstić information content (AvgIpc) is 2.30. The van der Waals surface area contributed by atoms with Gasteiger partial charge in [0.15, 0.2) is 0 Å². The fourth-order valence-corrected chi connectivity index (χ4v) is 1.77. The van der Waals surface area contributed by atoms with Gasteiger partial charge in [-0.25, -0.2) is 0 Å². The van der Waals surface area contributed by atoms with Crippen LogP contribution in [0.4, 0.5) is 13.2 Å². The van der Waals surface area contributed by atoms with Gasteiger partial charge in [0, 0.05) is 17.6 Å². The Hall–Kier alpha value is -1.08. The molecule has 0 radical (unpaired) electrons. The van der Waals surface area contributed by atoms with Crippen molar-refractivity contribution in [3.63, 3.8) is 0 Å². The molecule has 0 saturated heterocycles. The Labute approximate surface area is 111 Å². The Kier molecular flexibility index (Phi) is 5.15. The van der Waals surface area contributed by atoms with E-state index in [2.05, 4.69) is 15.9 Å². The lowest BCUT2D eigenvalue weighted by atomic mass is 10.1. The molecule has 0 unspecified atom stereocenters. The molecule has 0 aliphatic carbocycles. The van der Waals surface area contributed by atoms with Gasteiger partial charge < -0.3 is 11.1 Å². The number of amides is 1. The van der Waals surface area contributed by atoms with Crippen molar-refractivity contribution in [2.24, 2.45) is 5.73 Å². The molecule has 1 rings (SSSR count). The van der Waals surface area contributed by atoms with E-state index in [1.807, 2.05) is 5.32 Å². The number of carbonyl (C=O) groups excluding carboxylic acids is 1. The molecule has 0 bridgehead atoms. The van der Waals surface area contributed by atoms with E-state index in [0.29, 0.717) is 13.0 Å². The fourth-order valence-electron chi connectivity index (χ4n) is 1.36. The minimum absolute atomic E-state index is 0.0655. The maximum Gasteiger partial charge on any atom is 0.471 e. The van der Waals surface area contributed by atoms with Crippen molar-refractivity contribution in [1.82, 2.24) is 5.32 Å². The maximum absolute atomic E-state index is 11.9. The van der Waals surface area contributed by atoms with E-state index in [4.69, 9.17) is 5.73 Å². The number of hydrogen-bond donors (Lipinski definition) is 2. The van der Waals surface area contributed by atoms with Crippen molar-refractivity contribution in [1.29, 1.82) is 0 Å². The predicted octanol–water partition coefficient (Wildman–Crippen LogP) is 2.13. The van der Waals surface area contributed by atoms with Crippen LogP contribution in [0.1, 0.15) is 11.1 Å². The number of benzene rings is 1. The predicted molar refractivity (Wildman–Crippen MR) is 64.8 cm³/mol. The van der Waals surface area contributed by atoms with Crippen molar-refractivity contribution in [3.05, 3.63) is 33.8 Å². The van der Waals surface area contributed by atoms with Crippen LogP contribution in [0.3, 0.4) is 0 Å². The molecule has 0 heterocycles. The molecule has 100 valence electrons. The highest BCUT2D eigenvalue weighted by Crippen LogP contribution is 2.18. The van der Waals surface area contributed by atoms with Crippen LogP contribution in [0.15, 0.2) is 22.7 Å². The summed E-state index contributed by atoms with van der Waals surface area (Å²) in [6, 6.07) is 5.34. The quantitative estimate of drug-likeness (QED) is 0.891. The van der Waals surface area contributed by atoms with E-state index in [1.54, 1.807) is 18.2 Å². The van der Waals surface area contributed by atoms with Gasteiger partial charge in [0.25, 0.3) is 0 Å². The molecule has 7 heteroatoms. The number of nitrogens with two attached hydrogens (primary N) is 1. The zero-order valence-corrected chi connectivity index (χ0v) is 10.9. The first-order chi connectivity index (χ1) is 8.34. The van der Waals surface area contributed by atoms with Gasteiger partial charge in [0.2, 0.25) is 0 Å². The van der Waals surface area contributed by atoms with Crippen LogP contribution in [-0.2, 0) is 17.8 Å². The second kappa shape index (κ2) is 6.19. The number of halogens is 4. The van der Waals surface area contributed by atoms with Gasteiger partial charge in [0.05, 0.1) is 0 Å². The lowest BCUT2D eigenvalue weighted by Crippen LogP contribution is -2.37. The summed E-state index contributed by atoms with van der Waals surface area (Å²) in [6.45, 7) is 0.271. The SMILES string of the molecule is NCc1cc(CCNC(=O)C(F)(F)F)ccc1Br. The van der Waals surface area contributed by atoms with Gasteiger partial charge in [-0.15, -0.1) is 0 Å². The molecular weight excluding hydrogens is 313 g/mol. The smallest absolute Gasteiger partial charge is 0.348 e. The van der Waals surface area contributed by atoms with Crippen LogP contribution in [0.5, 0.6) is 0 Å². The van der Waals surface area contributed by atoms with E-state index in [0.717, 1.165) is 15.6 Å². The third-order valence-corrected chi connectivity index (χ3v) is 3.06. The third-order valence-electron chi connectivity index (χ3n) is 2.29. The number of hydrogen-bond acceptors (Lipinski definition) is 2. The Morgan fingerprint density at radius 2 is 2.06 bits per heavy atom. The van der Waals surface area contributed by atoms with Crippen LogP contribution >= 0.6 is 15.9 Å². The second-order valence-electron chi connectivity index (χ2n) is 3.63. The molecule has 0 spiro atoms. The molecule has 1 amide bonds. The van der Waals surface area contributed by atoms with Crippen molar-refractivity contribution < 1.29 is 18.0 Å². The Morgan fingerprint density at radius 1 is 1.39 bits per heavy atom. The Bertz CT molecular complexity index is 435. The van der Waals surface area contributed by atoms with Crippen molar-refractivity contribution in [2.45, 2.75) is 19.1 Å². The van der Waals surface area contributed by atoms with E-state index < -0.39 is 12.1 Å². The van der Waals surface area contributed by atoms with E-state index in [1.165, 1.54) is 0 Å². The molecule has 3 N–H and O–H groups in total.